The van der Waals surface area contributed by atoms with E-state index in [1.54, 1.807) is 0 Å². The van der Waals surface area contributed by atoms with Crippen LogP contribution in [-0.2, 0) is 22.4 Å². The predicted molar refractivity (Wildman–Crippen MR) is 110 cm³/mol. The zero-order chi connectivity index (χ0) is 19.9. The van der Waals surface area contributed by atoms with Gasteiger partial charge in [0.25, 0.3) is 0 Å². The summed E-state index contributed by atoms with van der Waals surface area (Å²) in [6, 6.07) is 16.0. The maximum absolute atomic E-state index is 12.7. The van der Waals surface area contributed by atoms with Crippen LogP contribution in [0.1, 0.15) is 37.8 Å². The smallest absolute Gasteiger partial charge is 0.227 e. The molecule has 2 aromatic rings. The predicted octanol–water partition coefficient (Wildman–Crippen LogP) is 3.72. The van der Waals surface area contributed by atoms with Gasteiger partial charge in [0.15, 0.2) is 0 Å². The molecule has 0 fully saturated rings. The van der Waals surface area contributed by atoms with E-state index in [4.69, 9.17) is 4.74 Å². The van der Waals surface area contributed by atoms with Crippen LogP contribution in [0.4, 0.5) is 5.69 Å². The van der Waals surface area contributed by atoms with Crippen LogP contribution in [0.25, 0.3) is 0 Å². The van der Waals surface area contributed by atoms with Crippen molar-refractivity contribution in [3.05, 3.63) is 59.7 Å². The number of fused-ring (bicyclic) bond motifs is 1. The lowest BCUT2D eigenvalue weighted by Crippen LogP contribution is -2.41. The zero-order valence-corrected chi connectivity index (χ0v) is 16.5. The van der Waals surface area contributed by atoms with Crippen LogP contribution in [0.3, 0.4) is 0 Å². The Morgan fingerprint density at radius 1 is 1.18 bits per heavy atom. The van der Waals surface area contributed by atoms with Gasteiger partial charge in [0.1, 0.15) is 12.4 Å². The van der Waals surface area contributed by atoms with E-state index in [9.17, 15) is 9.59 Å². The summed E-state index contributed by atoms with van der Waals surface area (Å²) in [6.45, 7) is 4.23. The molecule has 0 spiro atoms. The van der Waals surface area contributed by atoms with Gasteiger partial charge in [-0.1, -0.05) is 37.3 Å². The zero-order valence-electron chi connectivity index (χ0n) is 16.5. The fourth-order valence-electron chi connectivity index (χ4n) is 3.35. The Morgan fingerprint density at radius 2 is 1.96 bits per heavy atom. The molecule has 2 amide bonds. The average Bonchev–Trinajstić information content (AvgIpc) is 2.72. The van der Waals surface area contributed by atoms with Gasteiger partial charge in [-0.2, -0.15) is 0 Å². The molecule has 0 radical (unpaired) electrons. The second kappa shape index (κ2) is 9.40. The summed E-state index contributed by atoms with van der Waals surface area (Å²) in [5.74, 6) is 0.562. The van der Waals surface area contributed by atoms with Gasteiger partial charge in [-0.15, -0.1) is 0 Å². The van der Waals surface area contributed by atoms with Gasteiger partial charge < -0.3 is 15.4 Å². The van der Waals surface area contributed by atoms with Crippen LogP contribution in [0.5, 0.6) is 5.75 Å². The average molecular weight is 380 g/mol. The first-order chi connectivity index (χ1) is 13.5. The molecule has 2 aromatic carbocycles. The summed E-state index contributed by atoms with van der Waals surface area (Å²) in [5, 5.41) is 5.97. The SMILES string of the molecule is CCC(=O)Nc1ccc2c(c1)C[C@H](C(=O)N[C@@H](C)CCc1ccccc1)CO2. The molecule has 5 nitrogen and oxygen atoms in total. The number of benzene rings is 2. The normalized spacial score (nSPS) is 16.4. The highest BCUT2D eigenvalue weighted by atomic mass is 16.5. The van der Waals surface area contributed by atoms with Gasteiger partial charge in [0.2, 0.25) is 11.8 Å². The fraction of sp³-hybridized carbons (Fsp3) is 0.391. The molecule has 0 aromatic heterocycles. The lowest BCUT2D eigenvalue weighted by molar-refractivity contribution is -0.127. The van der Waals surface area contributed by atoms with Gasteiger partial charge in [0, 0.05) is 18.2 Å². The van der Waals surface area contributed by atoms with E-state index in [1.165, 1.54) is 5.56 Å². The van der Waals surface area contributed by atoms with Gasteiger partial charge in [-0.25, -0.2) is 0 Å². The molecule has 2 atom stereocenters. The van der Waals surface area contributed by atoms with E-state index in [2.05, 4.69) is 22.8 Å². The Bertz CT molecular complexity index is 820. The molecule has 28 heavy (non-hydrogen) atoms. The van der Waals surface area contributed by atoms with Gasteiger partial charge >= 0.3 is 0 Å². The second-order valence-electron chi connectivity index (χ2n) is 7.37. The van der Waals surface area contributed by atoms with Crippen molar-refractivity contribution in [1.82, 2.24) is 5.32 Å². The quantitative estimate of drug-likeness (QED) is 0.769. The van der Waals surface area contributed by atoms with E-state index < -0.39 is 0 Å². The molecule has 1 aliphatic heterocycles. The highest BCUT2D eigenvalue weighted by molar-refractivity contribution is 5.90. The highest BCUT2D eigenvalue weighted by Crippen LogP contribution is 2.30. The topological polar surface area (TPSA) is 67.4 Å². The lowest BCUT2D eigenvalue weighted by Gasteiger charge is -2.26. The van der Waals surface area contributed by atoms with Crippen molar-refractivity contribution in [2.45, 2.75) is 45.6 Å². The van der Waals surface area contributed by atoms with Gasteiger partial charge in [-0.3, -0.25) is 9.59 Å². The van der Waals surface area contributed by atoms with Gasteiger partial charge in [0.05, 0.1) is 5.92 Å². The second-order valence-corrected chi connectivity index (χ2v) is 7.37. The van der Waals surface area contributed by atoms with Crippen LogP contribution in [-0.4, -0.2) is 24.5 Å². The number of carbonyl (C=O) groups is 2. The molecular weight excluding hydrogens is 352 g/mol. The van der Waals surface area contributed by atoms with Gasteiger partial charge in [-0.05, 0) is 55.5 Å². The summed E-state index contributed by atoms with van der Waals surface area (Å²) in [4.78, 5) is 24.3. The molecule has 0 unspecified atom stereocenters. The highest BCUT2D eigenvalue weighted by Gasteiger charge is 2.27. The Morgan fingerprint density at radius 3 is 2.71 bits per heavy atom. The van der Waals surface area contributed by atoms with E-state index in [0.717, 1.165) is 29.8 Å². The van der Waals surface area contributed by atoms with Crippen molar-refractivity contribution >= 4 is 17.5 Å². The summed E-state index contributed by atoms with van der Waals surface area (Å²) < 4.78 is 5.78. The number of rotatable bonds is 7. The number of carbonyl (C=O) groups excluding carboxylic acids is 2. The van der Waals surface area contributed by atoms with Crippen molar-refractivity contribution in [3.63, 3.8) is 0 Å². The third kappa shape index (κ3) is 5.35. The van der Waals surface area contributed by atoms with Crippen molar-refractivity contribution in [1.29, 1.82) is 0 Å². The minimum absolute atomic E-state index is 0.0224. The molecule has 0 saturated carbocycles. The molecule has 148 valence electrons. The van der Waals surface area contributed by atoms with E-state index >= 15 is 0 Å². The van der Waals surface area contributed by atoms with Crippen LogP contribution < -0.4 is 15.4 Å². The summed E-state index contributed by atoms with van der Waals surface area (Å²) >= 11 is 0. The number of ether oxygens (including phenoxy) is 1. The third-order valence-corrected chi connectivity index (χ3v) is 5.04. The molecule has 2 N–H and O–H groups in total. The first kappa shape index (κ1) is 19.9. The fourth-order valence-corrected chi connectivity index (χ4v) is 3.35. The number of amides is 2. The Kier molecular flexibility index (Phi) is 6.69. The molecule has 1 heterocycles. The van der Waals surface area contributed by atoms with Crippen LogP contribution in [0, 0.1) is 5.92 Å². The minimum Gasteiger partial charge on any atom is -0.492 e. The van der Waals surface area contributed by atoms with Crippen LogP contribution in [0.15, 0.2) is 48.5 Å². The maximum atomic E-state index is 12.7. The molecule has 5 heteroatoms. The van der Waals surface area contributed by atoms with Crippen molar-refractivity contribution in [2.24, 2.45) is 5.92 Å². The maximum Gasteiger partial charge on any atom is 0.227 e. The number of nitrogens with one attached hydrogen (secondary N) is 2. The lowest BCUT2D eigenvalue weighted by atomic mass is 9.95. The van der Waals surface area contributed by atoms with Crippen molar-refractivity contribution in [3.8, 4) is 5.75 Å². The molecule has 0 saturated heterocycles. The molecule has 0 aliphatic carbocycles. The minimum atomic E-state index is -0.219. The molecule has 0 bridgehead atoms. The number of anilines is 1. The first-order valence-corrected chi connectivity index (χ1v) is 9.95. The van der Waals surface area contributed by atoms with Crippen LogP contribution >= 0.6 is 0 Å². The largest absolute Gasteiger partial charge is 0.492 e. The van der Waals surface area contributed by atoms with Crippen molar-refractivity contribution in [2.75, 3.05) is 11.9 Å². The first-order valence-electron chi connectivity index (χ1n) is 9.95. The molecule has 1 aliphatic rings. The monoisotopic (exact) mass is 380 g/mol. The van der Waals surface area contributed by atoms with E-state index in [-0.39, 0.29) is 23.8 Å². The van der Waals surface area contributed by atoms with E-state index in [0.29, 0.717) is 19.4 Å². The Labute approximate surface area is 166 Å². The number of aryl methyl sites for hydroxylation is 1. The van der Waals surface area contributed by atoms with E-state index in [1.807, 2.05) is 50.2 Å². The summed E-state index contributed by atoms with van der Waals surface area (Å²) in [5.41, 5.74) is 2.98. The number of hydrogen-bond acceptors (Lipinski definition) is 3. The van der Waals surface area contributed by atoms with Crippen LogP contribution in [0.2, 0.25) is 0 Å². The third-order valence-electron chi connectivity index (χ3n) is 5.04. The Balaban J connectivity index is 1.54. The number of hydrogen-bond donors (Lipinski definition) is 2. The summed E-state index contributed by atoms with van der Waals surface area (Å²) in [6.07, 6.45) is 2.88. The molecule has 3 rings (SSSR count). The molecular formula is C23H28N2O3. The van der Waals surface area contributed by atoms with Crippen molar-refractivity contribution < 1.29 is 14.3 Å². The Hall–Kier alpha value is -2.82. The summed E-state index contributed by atoms with van der Waals surface area (Å²) in [7, 11) is 0. The standard InChI is InChI=1S/C23H28N2O3/c1-3-22(26)25-20-11-12-21-18(14-20)13-19(15-28-21)23(27)24-16(2)9-10-17-7-5-4-6-8-17/h4-8,11-12,14,16,19H,3,9-10,13,15H2,1-2H3,(H,24,27)(H,25,26)/t16-,19-/m0/s1.